The summed E-state index contributed by atoms with van der Waals surface area (Å²) in [6.45, 7) is 4.89. The third-order valence-corrected chi connectivity index (χ3v) is 3.34. The Bertz CT molecular complexity index is 554. The van der Waals surface area contributed by atoms with Gasteiger partial charge in [0.25, 0.3) is 0 Å². The maximum Gasteiger partial charge on any atom is 0.124 e. The van der Waals surface area contributed by atoms with Gasteiger partial charge in [0.1, 0.15) is 5.75 Å². The Labute approximate surface area is 121 Å². The molecular formula is C17H22N2O. The Morgan fingerprint density at radius 2 is 1.90 bits per heavy atom. The summed E-state index contributed by atoms with van der Waals surface area (Å²) in [5.74, 6) is 0.942. The molecule has 0 bridgehead atoms. The van der Waals surface area contributed by atoms with E-state index in [9.17, 15) is 0 Å². The maximum absolute atomic E-state index is 5.87. The van der Waals surface area contributed by atoms with Crippen LogP contribution in [0.25, 0.3) is 0 Å². The van der Waals surface area contributed by atoms with Gasteiger partial charge in [0.15, 0.2) is 0 Å². The van der Waals surface area contributed by atoms with Crippen molar-refractivity contribution in [3.63, 3.8) is 0 Å². The van der Waals surface area contributed by atoms with Gasteiger partial charge in [0.2, 0.25) is 0 Å². The van der Waals surface area contributed by atoms with Crippen LogP contribution in [0.4, 0.5) is 0 Å². The zero-order valence-electron chi connectivity index (χ0n) is 12.4. The van der Waals surface area contributed by atoms with Crippen LogP contribution in [0, 0.1) is 6.92 Å². The van der Waals surface area contributed by atoms with E-state index in [0.29, 0.717) is 0 Å². The first-order valence-electron chi connectivity index (χ1n) is 7.08. The van der Waals surface area contributed by atoms with Crippen molar-refractivity contribution in [1.29, 1.82) is 0 Å². The van der Waals surface area contributed by atoms with Crippen LogP contribution in [0.15, 0.2) is 42.6 Å². The molecule has 1 aromatic carbocycles. The smallest absolute Gasteiger partial charge is 0.124 e. The first kappa shape index (κ1) is 14.5. The standard InChI is InChI=1S/C17H22N2O/c1-4-12-20-16-10-6-5-8-15(16)17(18-3)14-9-7-11-19-13(14)2/h5-11,17-18H,4,12H2,1-3H3. The molecule has 1 aromatic heterocycles. The highest BCUT2D eigenvalue weighted by atomic mass is 16.5. The highest BCUT2D eigenvalue weighted by molar-refractivity contribution is 5.42. The molecule has 2 aromatic rings. The Balaban J connectivity index is 2.39. The molecule has 20 heavy (non-hydrogen) atoms. The van der Waals surface area contributed by atoms with Crippen LogP contribution in [-0.4, -0.2) is 18.6 Å². The number of nitrogens with one attached hydrogen (secondary N) is 1. The highest BCUT2D eigenvalue weighted by Gasteiger charge is 2.18. The number of hydrogen-bond donors (Lipinski definition) is 1. The lowest BCUT2D eigenvalue weighted by molar-refractivity contribution is 0.312. The van der Waals surface area contributed by atoms with E-state index in [1.54, 1.807) is 0 Å². The second-order valence-electron chi connectivity index (χ2n) is 4.79. The summed E-state index contributed by atoms with van der Waals surface area (Å²) in [5.41, 5.74) is 3.37. The summed E-state index contributed by atoms with van der Waals surface area (Å²) >= 11 is 0. The average Bonchev–Trinajstić information content (AvgIpc) is 2.49. The van der Waals surface area contributed by atoms with Crippen molar-refractivity contribution in [2.24, 2.45) is 0 Å². The summed E-state index contributed by atoms with van der Waals surface area (Å²) in [6.07, 6.45) is 2.83. The summed E-state index contributed by atoms with van der Waals surface area (Å²) in [7, 11) is 1.97. The molecule has 0 radical (unpaired) electrons. The Morgan fingerprint density at radius 3 is 2.60 bits per heavy atom. The molecule has 2 rings (SSSR count). The van der Waals surface area contributed by atoms with Crippen molar-refractivity contribution in [2.75, 3.05) is 13.7 Å². The van der Waals surface area contributed by atoms with E-state index in [4.69, 9.17) is 4.74 Å². The van der Waals surface area contributed by atoms with Crippen LogP contribution < -0.4 is 10.1 Å². The van der Waals surface area contributed by atoms with Gasteiger partial charge in [-0.1, -0.05) is 31.2 Å². The molecule has 0 fully saturated rings. The monoisotopic (exact) mass is 270 g/mol. The van der Waals surface area contributed by atoms with Gasteiger partial charge < -0.3 is 10.1 Å². The van der Waals surface area contributed by atoms with E-state index < -0.39 is 0 Å². The quantitative estimate of drug-likeness (QED) is 0.872. The van der Waals surface area contributed by atoms with Gasteiger partial charge in [-0.15, -0.1) is 0 Å². The number of benzene rings is 1. The van der Waals surface area contributed by atoms with Gasteiger partial charge in [-0.2, -0.15) is 0 Å². The van der Waals surface area contributed by atoms with Gasteiger partial charge in [-0.05, 0) is 38.1 Å². The second-order valence-corrected chi connectivity index (χ2v) is 4.79. The average molecular weight is 270 g/mol. The first-order valence-corrected chi connectivity index (χ1v) is 7.08. The molecule has 1 atom stereocenters. The fourth-order valence-corrected chi connectivity index (χ4v) is 2.34. The SMILES string of the molecule is CCCOc1ccccc1C(NC)c1cccnc1C. The minimum absolute atomic E-state index is 0.0942. The Morgan fingerprint density at radius 1 is 1.15 bits per heavy atom. The normalized spacial score (nSPS) is 12.2. The topological polar surface area (TPSA) is 34.1 Å². The molecule has 0 aliphatic heterocycles. The molecule has 0 aliphatic rings. The van der Waals surface area contributed by atoms with E-state index in [2.05, 4.69) is 29.4 Å². The number of para-hydroxylation sites is 1. The maximum atomic E-state index is 5.87. The summed E-state index contributed by atoms with van der Waals surface area (Å²) in [4.78, 5) is 4.38. The van der Waals surface area contributed by atoms with Crippen LogP contribution in [0.3, 0.4) is 0 Å². The van der Waals surface area contributed by atoms with E-state index in [-0.39, 0.29) is 6.04 Å². The number of aryl methyl sites for hydroxylation is 1. The van der Waals surface area contributed by atoms with Gasteiger partial charge >= 0.3 is 0 Å². The molecule has 3 nitrogen and oxygen atoms in total. The highest BCUT2D eigenvalue weighted by Crippen LogP contribution is 2.30. The first-order chi connectivity index (χ1) is 9.77. The number of ether oxygens (including phenoxy) is 1. The minimum Gasteiger partial charge on any atom is -0.493 e. The van der Waals surface area contributed by atoms with Crippen molar-refractivity contribution in [3.8, 4) is 5.75 Å². The van der Waals surface area contributed by atoms with E-state index in [1.165, 1.54) is 5.56 Å². The number of pyridine rings is 1. The van der Waals surface area contributed by atoms with Crippen LogP contribution in [0.5, 0.6) is 5.75 Å². The molecule has 0 saturated carbocycles. The minimum atomic E-state index is 0.0942. The fraction of sp³-hybridized carbons (Fsp3) is 0.353. The predicted molar refractivity (Wildman–Crippen MR) is 82.1 cm³/mol. The number of nitrogens with zero attached hydrogens (tertiary/aromatic N) is 1. The summed E-state index contributed by atoms with van der Waals surface area (Å²) in [5, 5.41) is 3.37. The van der Waals surface area contributed by atoms with Crippen molar-refractivity contribution < 1.29 is 4.74 Å². The van der Waals surface area contributed by atoms with Gasteiger partial charge in [0, 0.05) is 17.5 Å². The van der Waals surface area contributed by atoms with Crippen LogP contribution in [0.2, 0.25) is 0 Å². The van der Waals surface area contributed by atoms with Crippen LogP contribution in [0.1, 0.15) is 36.2 Å². The number of rotatable bonds is 6. The second kappa shape index (κ2) is 7.06. The number of aromatic nitrogens is 1. The molecule has 0 amide bonds. The molecule has 0 aliphatic carbocycles. The Hall–Kier alpha value is -1.87. The van der Waals surface area contributed by atoms with E-state index >= 15 is 0 Å². The molecule has 1 unspecified atom stereocenters. The zero-order chi connectivity index (χ0) is 14.4. The lowest BCUT2D eigenvalue weighted by atomic mass is 9.97. The lowest BCUT2D eigenvalue weighted by Crippen LogP contribution is -2.20. The Kier molecular flexibility index (Phi) is 5.13. The van der Waals surface area contributed by atoms with E-state index in [0.717, 1.165) is 30.0 Å². The zero-order valence-corrected chi connectivity index (χ0v) is 12.4. The third-order valence-electron chi connectivity index (χ3n) is 3.34. The summed E-state index contributed by atoms with van der Waals surface area (Å²) < 4.78 is 5.87. The van der Waals surface area contributed by atoms with Crippen molar-refractivity contribution in [2.45, 2.75) is 26.3 Å². The fourth-order valence-electron chi connectivity index (χ4n) is 2.34. The third kappa shape index (κ3) is 3.17. The lowest BCUT2D eigenvalue weighted by Gasteiger charge is -2.21. The van der Waals surface area contributed by atoms with Crippen LogP contribution >= 0.6 is 0 Å². The van der Waals surface area contributed by atoms with Gasteiger partial charge in [0.05, 0.1) is 12.6 Å². The molecule has 1 N–H and O–H groups in total. The summed E-state index contributed by atoms with van der Waals surface area (Å²) in [6, 6.07) is 12.4. The van der Waals surface area contributed by atoms with Gasteiger partial charge in [-0.25, -0.2) is 0 Å². The molecule has 0 saturated heterocycles. The molecular weight excluding hydrogens is 248 g/mol. The largest absolute Gasteiger partial charge is 0.493 e. The van der Waals surface area contributed by atoms with E-state index in [1.807, 2.05) is 44.4 Å². The van der Waals surface area contributed by atoms with Gasteiger partial charge in [-0.3, -0.25) is 4.98 Å². The number of hydrogen-bond acceptors (Lipinski definition) is 3. The van der Waals surface area contributed by atoms with Crippen molar-refractivity contribution >= 4 is 0 Å². The predicted octanol–water partition coefficient (Wildman–Crippen LogP) is 3.49. The van der Waals surface area contributed by atoms with Crippen molar-refractivity contribution in [1.82, 2.24) is 10.3 Å². The molecule has 106 valence electrons. The molecule has 1 heterocycles. The van der Waals surface area contributed by atoms with Crippen molar-refractivity contribution in [3.05, 3.63) is 59.4 Å². The molecule has 3 heteroatoms. The molecule has 0 spiro atoms. The van der Waals surface area contributed by atoms with Crippen LogP contribution in [-0.2, 0) is 0 Å².